The average molecular weight is 1350 g/mol. The summed E-state index contributed by atoms with van der Waals surface area (Å²) in [6, 6.07) is 140. The van der Waals surface area contributed by atoms with Crippen molar-refractivity contribution in [3.8, 4) is 44.5 Å². The first-order chi connectivity index (χ1) is 52.1. The quantitative estimate of drug-likeness (QED) is 0.133. The molecule has 18 aromatic carbocycles. The van der Waals surface area contributed by atoms with Crippen LogP contribution in [0.25, 0.3) is 109 Å². The number of fused-ring (bicyclic) bond motifs is 22. The summed E-state index contributed by atoms with van der Waals surface area (Å²) < 4.78 is 0. The third-order valence-electron chi connectivity index (χ3n) is 25.1. The molecule has 0 spiro atoms. The summed E-state index contributed by atoms with van der Waals surface area (Å²) in [5.74, 6) is 0. The molecule has 0 bridgehead atoms. The van der Waals surface area contributed by atoms with E-state index >= 15 is 0 Å². The third-order valence-corrected chi connectivity index (χ3v) is 25.1. The summed E-state index contributed by atoms with van der Waals surface area (Å²) >= 11 is 0. The van der Waals surface area contributed by atoms with Gasteiger partial charge in [-0.05, 0) is 215 Å². The second-order valence-electron chi connectivity index (χ2n) is 30.9. The molecule has 4 aliphatic carbocycles. The lowest BCUT2D eigenvalue weighted by Gasteiger charge is -2.51. The van der Waals surface area contributed by atoms with Gasteiger partial charge in [0.2, 0.25) is 0 Å². The Bertz CT molecular complexity index is 6390. The smallest absolute Gasteiger partial charge is 0.0642 e. The largest absolute Gasteiger partial charge is 0.310 e. The molecule has 0 radical (unpaired) electrons. The maximum Gasteiger partial charge on any atom is 0.0642 e. The van der Waals surface area contributed by atoms with Gasteiger partial charge in [0.25, 0.3) is 0 Å². The topological polar surface area (TPSA) is 6.48 Å². The summed E-state index contributed by atoms with van der Waals surface area (Å²) in [6.45, 7) is 9.64. The van der Waals surface area contributed by atoms with Crippen LogP contribution in [0.2, 0.25) is 0 Å². The first-order valence-corrected chi connectivity index (χ1v) is 37.5. The van der Waals surface area contributed by atoms with Crippen molar-refractivity contribution in [1.29, 1.82) is 0 Å². The lowest BCUT2D eigenvalue weighted by molar-refractivity contribution is 0.438. The van der Waals surface area contributed by atoms with E-state index in [-0.39, 0.29) is 10.8 Å². The van der Waals surface area contributed by atoms with E-state index < -0.39 is 10.8 Å². The Kier molecular flexibility index (Phi) is 12.8. The van der Waals surface area contributed by atoms with Gasteiger partial charge in [0, 0.05) is 44.4 Å². The minimum absolute atomic E-state index is 0.257. The molecule has 2 unspecified atom stereocenters. The highest BCUT2D eigenvalue weighted by Gasteiger charge is 2.65. The van der Waals surface area contributed by atoms with Crippen molar-refractivity contribution in [2.45, 2.75) is 49.4 Å². The van der Waals surface area contributed by atoms with Crippen molar-refractivity contribution in [1.82, 2.24) is 0 Å². The van der Waals surface area contributed by atoms with E-state index in [1.807, 2.05) is 0 Å². The van der Waals surface area contributed by atoms with Gasteiger partial charge in [-0.1, -0.05) is 331 Å². The van der Waals surface area contributed by atoms with Gasteiger partial charge in [0.15, 0.2) is 0 Å². The van der Waals surface area contributed by atoms with Gasteiger partial charge in [-0.3, -0.25) is 0 Å². The maximum atomic E-state index is 2.67. The molecular formula is C104H72N2. The Morgan fingerprint density at radius 2 is 0.481 bits per heavy atom. The number of benzene rings is 18. The molecule has 18 aromatic rings. The molecule has 498 valence electrons. The van der Waals surface area contributed by atoms with E-state index in [9.17, 15) is 0 Å². The van der Waals surface area contributed by atoms with Crippen molar-refractivity contribution >= 4 is 98.8 Å². The van der Waals surface area contributed by atoms with Crippen LogP contribution < -0.4 is 9.80 Å². The fraction of sp³-hybridized carbons (Fsp3) is 0.0769. The van der Waals surface area contributed by atoms with Gasteiger partial charge in [-0.25, -0.2) is 0 Å². The van der Waals surface area contributed by atoms with E-state index in [0.717, 1.165) is 34.1 Å². The fourth-order valence-electron chi connectivity index (χ4n) is 20.6. The van der Waals surface area contributed by atoms with Gasteiger partial charge in [0.05, 0.1) is 22.2 Å². The molecule has 0 fully saturated rings. The van der Waals surface area contributed by atoms with Crippen molar-refractivity contribution < 1.29 is 0 Å². The van der Waals surface area contributed by atoms with Crippen LogP contribution in [0.5, 0.6) is 0 Å². The Morgan fingerprint density at radius 3 is 0.896 bits per heavy atom. The minimum Gasteiger partial charge on any atom is -0.310 e. The second-order valence-corrected chi connectivity index (χ2v) is 30.9. The molecule has 2 nitrogen and oxygen atoms in total. The number of anilines is 6. The van der Waals surface area contributed by atoms with Crippen LogP contribution in [0.4, 0.5) is 34.1 Å². The van der Waals surface area contributed by atoms with Crippen molar-refractivity contribution in [2.24, 2.45) is 0 Å². The monoisotopic (exact) mass is 1350 g/mol. The lowest BCUT2D eigenvalue weighted by atomic mass is 9.49. The highest BCUT2D eigenvalue weighted by Crippen LogP contribution is 2.72. The van der Waals surface area contributed by atoms with Gasteiger partial charge in [-0.15, -0.1) is 0 Å². The molecule has 0 saturated carbocycles. The molecule has 0 heterocycles. The van der Waals surface area contributed by atoms with E-state index in [0.29, 0.717) is 0 Å². The predicted molar refractivity (Wildman–Crippen MR) is 446 cm³/mol. The fourth-order valence-corrected chi connectivity index (χ4v) is 20.6. The van der Waals surface area contributed by atoms with Crippen LogP contribution >= 0.6 is 0 Å². The first-order valence-electron chi connectivity index (χ1n) is 37.5. The van der Waals surface area contributed by atoms with Crippen molar-refractivity contribution in [3.63, 3.8) is 0 Å². The molecule has 0 N–H and O–H groups in total. The molecule has 4 aliphatic rings. The minimum atomic E-state index is -0.996. The van der Waals surface area contributed by atoms with Crippen LogP contribution in [-0.4, -0.2) is 0 Å². The molecular weight excluding hydrogens is 1280 g/mol. The molecule has 106 heavy (non-hydrogen) atoms. The highest BCUT2D eigenvalue weighted by molar-refractivity contribution is 6.17. The Morgan fingerprint density at radius 1 is 0.189 bits per heavy atom. The van der Waals surface area contributed by atoms with Gasteiger partial charge in [-0.2, -0.15) is 0 Å². The summed E-state index contributed by atoms with van der Waals surface area (Å²) in [7, 11) is 0. The Hall–Kier alpha value is -12.9. The van der Waals surface area contributed by atoms with Gasteiger partial charge >= 0.3 is 0 Å². The molecule has 2 atom stereocenters. The van der Waals surface area contributed by atoms with Crippen molar-refractivity contribution in [3.05, 3.63) is 420 Å². The summed E-state index contributed by atoms with van der Waals surface area (Å²) in [4.78, 5) is 5.25. The zero-order valence-electron chi connectivity index (χ0n) is 59.5. The average Bonchev–Trinajstić information content (AvgIpc) is 1.47. The van der Waals surface area contributed by atoms with Crippen LogP contribution in [0.1, 0.15) is 83.3 Å². The molecule has 0 aromatic heterocycles. The Balaban J connectivity index is 0.890. The molecule has 22 rings (SSSR count). The van der Waals surface area contributed by atoms with Crippen LogP contribution in [-0.2, 0) is 21.7 Å². The molecule has 0 aliphatic heterocycles. The second kappa shape index (κ2) is 22.3. The highest BCUT2D eigenvalue weighted by atomic mass is 15.2. The van der Waals surface area contributed by atoms with Crippen LogP contribution in [0, 0.1) is 0 Å². The zero-order chi connectivity index (χ0) is 70.4. The number of hydrogen-bond acceptors (Lipinski definition) is 2. The predicted octanol–water partition coefficient (Wildman–Crippen LogP) is 27.5. The zero-order valence-corrected chi connectivity index (χ0v) is 59.5. The van der Waals surface area contributed by atoms with E-state index in [2.05, 4.69) is 401 Å². The normalized spacial score (nSPS) is 16.5. The number of nitrogens with zero attached hydrogens (tertiary/aromatic N) is 2. The summed E-state index contributed by atoms with van der Waals surface area (Å²) in [5.41, 5.74) is 27.1. The van der Waals surface area contributed by atoms with E-state index in [4.69, 9.17) is 0 Å². The summed E-state index contributed by atoms with van der Waals surface area (Å²) in [5, 5.41) is 14.5. The molecule has 0 saturated heterocycles. The van der Waals surface area contributed by atoms with Gasteiger partial charge in [0.1, 0.15) is 0 Å². The Labute approximate surface area is 618 Å². The third kappa shape index (κ3) is 8.11. The molecule has 2 heteroatoms. The summed E-state index contributed by atoms with van der Waals surface area (Å²) in [6.07, 6.45) is 0. The lowest BCUT2D eigenvalue weighted by Crippen LogP contribution is -2.50. The first kappa shape index (κ1) is 60.7. The van der Waals surface area contributed by atoms with Crippen LogP contribution in [0.15, 0.2) is 364 Å². The maximum absolute atomic E-state index is 2.67. The number of rotatable bonds is 9. The SMILES string of the molecule is CC1(C)c2ccccc2-c2ccc(N(c3ccc4ccc5ccccc5c4c3)c3cc4c(c5ccccc35)-c3ccccc3C4(c3ccccc3)C3(c4ccccc4)c4ccccc4-c4c3cc(N(c3ccc5c(c3)C(C)(C)c3ccccc3-5)c3ccc5ccc6ccccc6c5c3)c3ccccc43)cc21. The van der Waals surface area contributed by atoms with Crippen LogP contribution in [0.3, 0.4) is 0 Å². The number of hydrogen-bond donors (Lipinski definition) is 0. The standard InChI is InChI=1S/C104H72N2/c1-101(2)89-43-23-19-35-77(89)79-57-55-73(61-93(79)101)105(71-53-51-67-49-47-65-27-11-13-33-75(65)87(67)59-71)97-63-95-99(83-39-17-15-37-81(83)97)85-41-21-25-45-91(85)103(95,69-29-7-5-8-30-69)104(70-31-9-6-10-32-70)92-46-26-22-42-86(92)100-84-40-18-16-38-82(84)98(64-96(100)104)106(72-54-52-68-50-48-66-28-12-14-34-76(66)88(68)60-72)74-56-58-80-78-36-20-24-44-90(78)102(3,4)94(80)62-74/h5-64H,1-4H3. The van der Waals surface area contributed by atoms with Crippen molar-refractivity contribution in [2.75, 3.05) is 9.80 Å². The van der Waals surface area contributed by atoms with E-state index in [1.54, 1.807) is 0 Å². The van der Waals surface area contributed by atoms with Gasteiger partial charge < -0.3 is 9.80 Å². The van der Waals surface area contributed by atoms with E-state index in [1.165, 1.54) is 165 Å². The molecule has 0 amide bonds.